The molecule has 0 unspecified atom stereocenters. The molecule has 0 aliphatic heterocycles. The van der Waals surface area contributed by atoms with Gasteiger partial charge >= 0.3 is 5.97 Å². The zero-order valence-corrected chi connectivity index (χ0v) is 18.8. The van der Waals surface area contributed by atoms with Crippen LogP contribution in [0.3, 0.4) is 0 Å². The van der Waals surface area contributed by atoms with Crippen molar-refractivity contribution >= 4 is 21.7 Å². The number of aliphatic hydroxyl groups is 1. The van der Waals surface area contributed by atoms with Gasteiger partial charge in [0.2, 0.25) is 0 Å². The minimum atomic E-state index is -4.20. The van der Waals surface area contributed by atoms with Crippen molar-refractivity contribution in [1.82, 2.24) is 0 Å². The molecule has 0 aromatic heterocycles. The Bertz CT molecular complexity index is 1210. The molecule has 3 rings (SSSR count). The zero-order valence-electron chi connectivity index (χ0n) is 18.0. The molecule has 33 heavy (non-hydrogen) atoms. The molecule has 9 heteroatoms. The first kappa shape index (κ1) is 24.1. The van der Waals surface area contributed by atoms with Crippen LogP contribution in [0.2, 0.25) is 0 Å². The number of hydrogen-bond donors (Lipinski definition) is 3. The zero-order chi connectivity index (χ0) is 23.8. The highest BCUT2D eigenvalue weighted by atomic mass is 32.2. The lowest BCUT2D eigenvalue weighted by molar-refractivity contribution is 0.0697. The van der Waals surface area contributed by atoms with Crippen molar-refractivity contribution in [3.05, 3.63) is 83.4 Å². The minimum Gasteiger partial charge on any atom is -0.497 e. The van der Waals surface area contributed by atoms with E-state index in [1.54, 1.807) is 6.07 Å². The summed E-state index contributed by atoms with van der Waals surface area (Å²) in [5, 5.41) is 18.6. The molecule has 0 saturated heterocycles. The molecule has 0 spiro atoms. The van der Waals surface area contributed by atoms with Crippen molar-refractivity contribution in [2.75, 3.05) is 25.0 Å². The fourth-order valence-electron chi connectivity index (χ4n) is 3.27. The SMILES string of the molecule is COc1ccc(S(=O)(=O)Nc2c(OCCCO)cccc2C(=O)O)c(Cc2ccccc2)c1. The maximum absolute atomic E-state index is 13.4. The van der Waals surface area contributed by atoms with Crippen LogP contribution < -0.4 is 14.2 Å². The Hall–Kier alpha value is -3.56. The summed E-state index contributed by atoms with van der Waals surface area (Å²) in [4.78, 5) is 11.8. The fourth-order valence-corrected chi connectivity index (χ4v) is 4.58. The van der Waals surface area contributed by atoms with Gasteiger partial charge in [-0.1, -0.05) is 36.4 Å². The van der Waals surface area contributed by atoms with Crippen LogP contribution in [0.5, 0.6) is 11.5 Å². The number of carboxylic acid groups (broad SMARTS) is 1. The molecule has 0 saturated carbocycles. The minimum absolute atomic E-state index is 0.00588. The summed E-state index contributed by atoms with van der Waals surface area (Å²) in [5.41, 5.74) is 0.965. The summed E-state index contributed by atoms with van der Waals surface area (Å²) in [6.45, 7) is -0.0233. The number of para-hydroxylation sites is 1. The lowest BCUT2D eigenvalue weighted by atomic mass is 10.0. The van der Waals surface area contributed by atoms with Gasteiger partial charge < -0.3 is 19.7 Å². The molecule has 0 amide bonds. The van der Waals surface area contributed by atoms with Crippen molar-refractivity contribution < 1.29 is 32.9 Å². The molecule has 3 aromatic carbocycles. The highest BCUT2D eigenvalue weighted by molar-refractivity contribution is 7.92. The standard InChI is InChI=1S/C24H25NO7S/c1-31-19-11-12-22(18(16-19)15-17-7-3-2-4-8-17)33(29,30)25-23-20(24(27)28)9-5-10-21(23)32-14-6-13-26/h2-5,7-12,16,25-26H,6,13-15H2,1H3,(H,27,28). The number of carbonyl (C=O) groups is 1. The first-order valence-corrected chi connectivity index (χ1v) is 11.7. The molecular weight excluding hydrogens is 446 g/mol. The van der Waals surface area contributed by atoms with Crippen LogP contribution in [0.15, 0.2) is 71.6 Å². The van der Waals surface area contributed by atoms with Crippen LogP contribution in [-0.2, 0) is 16.4 Å². The Labute approximate surface area is 192 Å². The van der Waals surface area contributed by atoms with E-state index in [-0.39, 0.29) is 35.1 Å². The topological polar surface area (TPSA) is 122 Å². The normalized spacial score (nSPS) is 11.1. The second-order valence-corrected chi connectivity index (χ2v) is 8.80. The smallest absolute Gasteiger partial charge is 0.337 e. The Morgan fingerprint density at radius 1 is 1.03 bits per heavy atom. The summed E-state index contributed by atoms with van der Waals surface area (Å²) >= 11 is 0. The highest BCUT2D eigenvalue weighted by Gasteiger charge is 2.25. The first-order chi connectivity index (χ1) is 15.9. The Kier molecular flexibility index (Phi) is 7.92. The molecule has 8 nitrogen and oxygen atoms in total. The van der Waals surface area contributed by atoms with Crippen molar-refractivity contribution in [2.24, 2.45) is 0 Å². The summed E-state index contributed by atoms with van der Waals surface area (Å²) in [7, 11) is -2.70. The molecule has 0 fully saturated rings. The third-order valence-corrected chi connectivity index (χ3v) is 6.30. The van der Waals surface area contributed by atoms with Gasteiger partial charge in [-0.2, -0.15) is 0 Å². The summed E-state index contributed by atoms with van der Waals surface area (Å²) in [5.74, 6) is -0.747. The van der Waals surface area contributed by atoms with Gasteiger partial charge in [-0.3, -0.25) is 4.72 Å². The van der Waals surface area contributed by atoms with Crippen LogP contribution in [0.25, 0.3) is 0 Å². The van der Waals surface area contributed by atoms with Crippen molar-refractivity contribution in [1.29, 1.82) is 0 Å². The number of aromatic carboxylic acids is 1. The lowest BCUT2D eigenvalue weighted by Crippen LogP contribution is -2.18. The van der Waals surface area contributed by atoms with Gasteiger partial charge in [-0.25, -0.2) is 13.2 Å². The van der Waals surface area contributed by atoms with Crippen LogP contribution in [0.1, 0.15) is 27.9 Å². The summed E-state index contributed by atoms with van der Waals surface area (Å²) < 4.78 is 40.1. The van der Waals surface area contributed by atoms with Crippen molar-refractivity contribution in [3.8, 4) is 11.5 Å². The van der Waals surface area contributed by atoms with E-state index in [2.05, 4.69) is 4.72 Å². The largest absolute Gasteiger partial charge is 0.497 e. The second-order valence-electron chi connectivity index (χ2n) is 7.15. The quantitative estimate of drug-likeness (QED) is 0.366. The summed E-state index contributed by atoms with van der Waals surface area (Å²) in [6, 6.07) is 18.2. The third-order valence-electron chi connectivity index (χ3n) is 4.85. The molecule has 0 heterocycles. The number of ether oxygens (including phenoxy) is 2. The molecule has 3 N–H and O–H groups in total. The van der Waals surface area contributed by atoms with Crippen LogP contribution >= 0.6 is 0 Å². The number of nitrogens with one attached hydrogen (secondary N) is 1. The van der Waals surface area contributed by atoms with Gasteiger partial charge in [-0.15, -0.1) is 0 Å². The first-order valence-electron chi connectivity index (χ1n) is 10.2. The van der Waals surface area contributed by atoms with E-state index in [1.807, 2.05) is 30.3 Å². The maximum Gasteiger partial charge on any atom is 0.337 e. The molecule has 0 aliphatic rings. The number of aliphatic hydroxyl groups excluding tert-OH is 1. The second kappa shape index (κ2) is 10.8. The fraction of sp³-hybridized carbons (Fsp3) is 0.208. The van der Waals surface area contributed by atoms with Gasteiger partial charge in [0.1, 0.15) is 17.2 Å². The number of anilines is 1. The van der Waals surface area contributed by atoms with Gasteiger partial charge in [0.05, 0.1) is 24.2 Å². The van der Waals surface area contributed by atoms with Gasteiger partial charge in [0.15, 0.2) is 0 Å². The number of hydrogen-bond acceptors (Lipinski definition) is 6. The number of sulfonamides is 1. The van der Waals surface area contributed by atoms with E-state index in [9.17, 15) is 18.3 Å². The van der Waals surface area contributed by atoms with E-state index in [1.165, 1.54) is 37.4 Å². The van der Waals surface area contributed by atoms with E-state index in [0.717, 1.165) is 5.56 Å². The molecular formula is C24H25NO7S. The Morgan fingerprint density at radius 2 is 1.79 bits per heavy atom. The van der Waals surface area contributed by atoms with E-state index < -0.39 is 16.0 Å². The molecule has 174 valence electrons. The Balaban J connectivity index is 2.04. The highest BCUT2D eigenvalue weighted by Crippen LogP contribution is 2.33. The molecule has 0 aliphatic carbocycles. The number of rotatable bonds is 11. The van der Waals surface area contributed by atoms with Crippen LogP contribution in [0, 0.1) is 0 Å². The van der Waals surface area contributed by atoms with Crippen molar-refractivity contribution in [3.63, 3.8) is 0 Å². The molecule has 3 aromatic rings. The van der Waals surface area contributed by atoms with E-state index in [4.69, 9.17) is 14.6 Å². The predicted molar refractivity (Wildman–Crippen MR) is 124 cm³/mol. The van der Waals surface area contributed by atoms with Gasteiger partial charge in [0.25, 0.3) is 10.0 Å². The van der Waals surface area contributed by atoms with Crippen molar-refractivity contribution in [2.45, 2.75) is 17.7 Å². The lowest BCUT2D eigenvalue weighted by Gasteiger charge is -2.18. The van der Waals surface area contributed by atoms with Crippen LogP contribution in [-0.4, -0.2) is 44.9 Å². The number of benzene rings is 3. The average Bonchev–Trinajstić information content (AvgIpc) is 2.80. The van der Waals surface area contributed by atoms with Gasteiger partial charge in [-0.05, 0) is 47.9 Å². The molecule has 0 radical (unpaired) electrons. The van der Waals surface area contributed by atoms with Gasteiger partial charge in [0, 0.05) is 13.0 Å². The Morgan fingerprint density at radius 3 is 2.45 bits per heavy atom. The van der Waals surface area contributed by atoms with Crippen LogP contribution in [0.4, 0.5) is 5.69 Å². The monoisotopic (exact) mass is 471 g/mol. The number of carboxylic acids is 1. The molecule has 0 bridgehead atoms. The average molecular weight is 472 g/mol. The molecule has 0 atom stereocenters. The van der Waals surface area contributed by atoms with E-state index >= 15 is 0 Å². The summed E-state index contributed by atoms with van der Waals surface area (Å²) in [6.07, 6.45) is 0.637. The van der Waals surface area contributed by atoms with E-state index in [0.29, 0.717) is 24.2 Å². The predicted octanol–water partition coefficient (Wildman–Crippen LogP) is 3.55. The maximum atomic E-state index is 13.4. The number of methoxy groups -OCH3 is 1. The third kappa shape index (κ3) is 6.03.